The zero-order chi connectivity index (χ0) is 16.2. The Kier molecular flexibility index (Phi) is 5.81. The molecule has 0 spiro atoms. The molecule has 1 fully saturated rings. The minimum atomic E-state index is -0.466. The summed E-state index contributed by atoms with van der Waals surface area (Å²) in [4.78, 5) is 21.6. The fourth-order valence-corrected chi connectivity index (χ4v) is 2.43. The van der Waals surface area contributed by atoms with Gasteiger partial charge >= 0.3 is 6.09 Å². The van der Waals surface area contributed by atoms with Crippen LogP contribution in [0, 0.1) is 12.8 Å². The Morgan fingerprint density at radius 2 is 2.05 bits per heavy atom. The van der Waals surface area contributed by atoms with Crippen LogP contribution in [0.25, 0.3) is 0 Å². The lowest BCUT2D eigenvalue weighted by molar-refractivity contribution is 0.0214. The molecule has 1 saturated heterocycles. The lowest BCUT2D eigenvalue weighted by Gasteiger charge is -2.27. The number of nitrogens with one attached hydrogen (secondary N) is 1. The van der Waals surface area contributed by atoms with Crippen molar-refractivity contribution in [1.29, 1.82) is 0 Å². The minimum Gasteiger partial charge on any atom is -0.444 e. The number of imidazole rings is 1. The smallest absolute Gasteiger partial charge is 0.410 e. The summed E-state index contributed by atoms with van der Waals surface area (Å²) in [5.74, 6) is 1.32. The average Bonchev–Trinajstić information content (AvgIpc) is 2.95. The highest BCUT2D eigenvalue weighted by Gasteiger charge is 2.37. The molecule has 5 heteroatoms. The summed E-state index contributed by atoms with van der Waals surface area (Å²) in [6.45, 7) is 14.5. The van der Waals surface area contributed by atoms with Crippen LogP contribution in [0.1, 0.15) is 65.5 Å². The highest BCUT2D eigenvalue weighted by molar-refractivity contribution is 5.69. The average molecular weight is 295 g/mol. The first kappa shape index (κ1) is 17.5. The fourth-order valence-electron chi connectivity index (χ4n) is 2.43. The van der Waals surface area contributed by atoms with Crippen LogP contribution in [-0.4, -0.2) is 33.1 Å². The van der Waals surface area contributed by atoms with E-state index in [4.69, 9.17) is 4.74 Å². The zero-order valence-corrected chi connectivity index (χ0v) is 14.4. The summed E-state index contributed by atoms with van der Waals surface area (Å²) < 4.78 is 5.47. The van der Waals surface area contributed by atoms with Crippen LogP contribution in [0.5, 0.6) is 0 Å². The number of hydrogen-bond acceptors (Lipinski definition) is 3. The fraction of sp³-hybridized carbons (Fsp3) is 0.750. The highest BCUT2D eigenvalue weighted by Crippen LogP contribution is 2.34. The van der Waals surface area contributed by atoms with Crippen molar-refractivity contribution in [1.82, 2.24) is 14.9 Å². The molecule has 1 amide bonds. The first-order valence-electron chi connectivity index (χ1n) is 7.77. The molecule has 21 heavy (non-hydrogen) atoms. The van der Waals surface area contributed by atoms with E-state index in [0.717, 1.165) is 24.5 Å². The van der Waals surface area contributed by atoms with Gasteiger partial charge in [0.1, 0.15) is 11.4 Å². The number of carbonyl (C=O) groups is 1. The largest absolute Gasteiger partial charge is 0.444 e. The van der Waals surface area contributed by atoms with Crippen LogP contribution < -0.4 is 0 Å². The summed E-state index contributed by atoms with van der Waals surface area (Å²) in [6.07, 6.45) is 2.47. The second-order valence-corrected chi connectivity index (χ2v) is 6.44. The van der Waals surface area contributed by atoms with Crippen molar-refractivity contribution in [2.45, 2.75) is 66.5 Å². The monoisotopic (exact) mass is 295 g/mol. The number of aromatic nitrogens is 2. The molecule has 1 aliphatic rings. The van der Waals surface area contributed by atoms with E-state index in [1.54, 1.807) is 11.1 Å². The molecule has 2 unspecified atom stereocenters. The van der Waals surface area contributed by atoms with Crippen molar-refractivity contribution < 1.29 is 9.53 Å². The van der Waals surface area contributed by atoms with Gasteiger partial charge in [-0.2, -0.15) is 0 Å². The maximum absolute atomic E-state index is 12.3. The van der Waals surface area contributed by atoms with Crippen molar-refractivity contribution in [3.05, 3.63) is 17.7 Å². The molecular weight excluding hydrogens is 266 g/mol. The molecule has 2 atom stereocenters. The quantitative estimate of drug-likeness (QED) is 0.850. The van der Waals surface area contributed by atoms with E-state index in [1.165, 1.54) is 0 Å². The zero-order valence-electron chi connectivity index (χ0n) is 14.4. The van der Waals surface area contributed by atoms with Crippen LogP contribution >= 0.6 is 0 Å². The van der Waals surface area contributed by atoms with Crippen molar-refractivity contribution in [2.75, 3.05) is 6.54 Å². The summed E-state index contributed by atoms with van der Waals surface area (Å²) in [5.41, 5.74) is 0.547. The number of ether oxygens (including phenoxy) is 1. The van der Waals surface area contributed by atoms with E-state index in [1.807, 2.05) is 41.5 Å². The maximum atomic E-state index is 12.3. The molecule has 1 aliphatic heterocycles. The molecule has 0 aliphatic carbocycles. The lowest BCUT2D eigenvalue weighted by Crippen LogP contribution is -2.37. The van der Waals surface area contributed by atoms with E-state index >= 15 is 0 Å². The Bertz CT molecular complexity index is 462. The Morgan fingerprint density at radius 1 is 1.43 bits per heavy atom. The van der Waals surface area contributed by atoms with Gasteiger partial charge in [-0.1, -0.05) is 20.8 Å². The Hall–Kier alpha value is -1.52. The van der Waals surface area contributed by atoms with E-state index in [0.29, 0.717) is 5.92 Å². The first-order chi connectivity index (χ1) is 9.76. The van der Waals surface area contributed by atoms with Gasteiger partial charge in [0.25, 0.3) is 0 Å². The Morgan fingerprint density at radius 3 is 2.52 bits per heavy atom. The van der Waals surface area contributed by atoms with Gasteiger partial charge in [-0.05, 0) is 40.0 Å². The molecule has 2 heterocycles. The summed E-state index contributed by atoms with van der Waals surface area (Å²) in [7, 11) is 0. The summed E-state index contributed by atoms with van der Waals surface area (Å²) in [5, 5.41) is 0. The molecular formula is C16H29N3O2. The second kappa shape index (κ2) is 6.96. The van der Waals surface area contributed by atoms with Gasteiger partial charge in [0, 0.05) is 18.4 Å². The molecule has 1 N–H and O–H groups in total. The predicted molar refractivity (Wildman–Crippen MR) is 84.1 cm³/mol. The topological polar surface area (TPSA) is 58.2 Å². The number of rotatable bonds is 1. The molecule has 120 valence electrons. The van der Waals surface area contributed by atoms with Crippen LogP contribution in [0.15, 0.2) is 6.20 Å². The third-order valence-corrected chi connectivity index (χ3v) is 3.18. The number of nitrogens with zero attached hydrogens (tertiary/aromatic N) is 2. The molecule has 0 bridgehead atoms. The Balaban J connectivity index is 0.00000106. The molecule has 1 aromatic rings. The predicted octanol–water partition coefficient (Wildman–Crippen LogP) is 4.06. The van der Waals surface area contributed by atoms with Crippen LogP contribution in [0.4, 0.5) is 4.79 Å². The molecule has 2 rings (SSSR count). The van der Waals surface area contributed by atoms with Gasteiger partial charge < -0.3 is 9.72 Å². The normalized spacial score (nSPS) is 21.8. The van der Waals surface area contributed by atoms with Crippen molar-refractivity contribution in [3.8, 4) is 0 Å². The number of hydrogen-bond donors (Lipinski definition) is 1. The van der Waals surface area contributed by atoms with Crippen LogP contribution in [0.3, 0.4) is 0 Å². The van der Waals surface area contributed by atoms with Gasteiger partial charge in [-0.15, -0.1) is 0 Å². The summed E-state index contributed by atoms with van der Waals surface area (Å²) in [6, 6.07) is -0.00134. The van der Waals surface area contributed by atoms with E-state index < -0.39 is 5.60 Å². The Labute approximate surface area is 128 Å². The van der Waals surface area contributed by atoms with E-state index in [-0.39, 0.29) is 12.1 Å². The number of carbonyl (C=O) groups excluding carboxylic acids is 1. The number of amides is 1. The summed E-state index contributed by atoms with van der Waals surface area (Å²) >= 11 is 0. The van der Waals surface area contributed by atoms with Crippen LogP contribution in [-0.2, 0) is 4.74 Å². The number of likely N-dealkylation sites (tertiary alicyclic amines) is 1. The van der Waals surface area contributed by atoms with E-state index in [2.05, 4.69) is 16.9 Å². The molecule has 0 radical (unpaired) electrons. The van der Waals surface area contributed by atoms with Crippen molar-refractivity contribution in [3.63, 3.8) is 0 Å². The minimum absolute atomic E-state index is 0.00134. The highest BCUT2D eigenvalue weighted by atomic mass is 16.6. The molecule has 5 nitrogen and oxygen atoms in total. The van der Waals surface area contributed by atoms with Gasteiger partial charge in [0.2, 0.25) is 0 Å². The van der Waals surface area contributed by atoms with Gasteiger partial charge in [0.05, 0.1) is 6.04 Å². The third-order valence-electron chi connectivity index (χ3n) is 3.18. The second-order valence-electron chi connectivity index (χ2n) is 6.44. The number of H-pyrrole nitrogens is 1. The maximum Gasteiger partial charge on any atom is 0.410 e. The van der Waals surface area contributed by atoms with Crippen LogP contribution in [0.2, 0.25) is 0 Å². The lowest BCUT2D eigenvalue weighted by atomic mass is 10.1. The van der Waals surface area contributed by atoms with Gasteiger partial charge in [-0.25, -0.2) is 9.78 Å². The molecule has 1 aromatic heterocycles. The van der Waals surface area contributed by atoms with Gasteiger partial charge in [0.15, 0.2) is 0 Å². The third kappa shape index (κ3) is 4.76. The van der Waals surface area contributed by atoms with Crippen molar-refractivity contribution in [2.24, 2.45) is 5.92 Å². The van der Waals surface area contributed by atoms with Crippen molar-refractivity contribution >= 4 is 6.09 Å². The molecule has 0 saturated carbocycles. The SMILES string of the molecule is CC.Cc1cnc(C2CC(C)CN2C(=O)OC(C)(C)C)[nH]1. The number of aryl methyl sites for hydroxylation is 1. The van der Waals surface area contributed by atoms with E-state index in [9.17, 15) is 4.79 Å². The first-order valence-corrected chi connectivity index (χ1v) is 7.77. The molecule has 0 aromatic carbocycles. The standard InChI is InChI=1S/C14H23N3O2.C2H6/c1-9-6-11(12-15-7-10(2)16-12)17(8-9)13(18)19-14(3,4)5;1-2/h7,9,11H,6,8H2,1-5H3,(H,15,16);1-2H3. The number of aromatic amines is 1. The van der Waals surface area contributed by atoms with Gasteiger partial charge in [-0.3, -0.25) is 4.90 Å².